The standard InChI is InChI=1S/C16H32N4.HI/c1-3-17-16(19-15-8-6-5-7-9-15)18-12-14-10-11-20(4-2)13-14;/h14-15H,3-13H2,1-2H3,(H2,17,18,19);1H. The predicted molar refractivity (Wildman–Crippen MR) is 102 cm³/mol. The third-order valence-electron chi connectivity index (χ3n) is 4.62. The fraction of sp³-hybridized carbons (Fsp3) is 0.938. The number of halogens is 1. The molecule has 5 heteroatoms. The Morgan fingerprint density at radius 3 is 2.52 bits per heavy atom. The quantitative estimate of drug-likeness (QED) is 0.418. The molecule has 1 saturated carbocycles. The van der Waals surface area contributed by atoms with Gasteiger partial charge in [-0.1, -0.05) is 26.2 Å². The molecule has 1 aliphatic carbocycles. The molecule has 2 N–H and O–H groups in total. The predicted octanol–water partition coefficient (Wildman–Crippen LogP) is 2.83. The van der Waals surface area contributed by atoms with Gasteiger partial charge in [0.1, 0.15) is 0 Å². The van der Waals surface area contributed by atoms with E-state index in [4.69, 9.17) is 4.99 Å². The summed E-state index contributed by atoms with van der Waals surface area (Å²) in [6.45, 7) is 9.97. The van der Waals surface area contributed by atoms with Crippen LogP contribution in [0.1, 0.15) is 52.4 Å². The summed E-state index contributed by atoms with van der Waals surface area (Å²) in [4.78, 5) is 7.36. The molecule has 0 aromatic rings. The van der Waals surface area contributed by atoms with Gasteiger partial charge in [-0.3, -0.25) is 4.99 Å². The number of hydrogen-bond acceptors (Lipinski definition) is 2. The minimum Gasteiger partial charge on any atom is -0.357 e. The smallest absolute Gasteiger partial charge is 0.191 e. The van der Waals surface area contributed by atoms with E-state index in [1.807, 2.05) is 0 Å². The van der Waals surface area contributed by atoms with Crippen LogP contribution >= 0.6 is 24.0 Å². The van der Waals surface area contributed by atoms with Crippen molar-refractivity contribution in [1.82, 2.24) is 15.5 Å². The van der Waals surface area contributed by atoms with Crippen LogP contribution < -0.4 is 10.6 Å². The van der Waals surface area contributed by atoms with Crippen molar-refractivity contribution >= 4 is 29.9 Å². The van der Waals surface area contributed by atoms with Gasteiger partial charge in [-0.25, -0.2) is 0 Å². The summed E-state index contributed by atoms with van der Waals surface area (Å²) in [7, 11) is 0. The first-order chi connectivity index (χ1) is 9.81. The number of guanidine groups is 1. The summed E-state index contributed by atoms with van der Waals surface area (Å²) in [5, 5.41) is 7.04. The minimum atomic E-state index is 0. The van der Waals surface area contributed by atoms with Crippen LogP contribution in [0, 0.1) is 5.92 Å². The van der Waals surface area contributed by atoms with E-state index in [0.717, 1.165) is 25.0 Å². The molecule has 1 unspecified atom stereocenters. The van der Waals surface area contributed by atoms with E-state index in [9.17, 15) is 0 Å². The average molecular weight is 408 g/mol. The number of aliphatic imine (C=N–C) groups is 1. The molecule has 2 fully saturated rings. The minimum absolute atomic E-state index is 0. The Kier molecular flexibility index (Phi) is 9.64. The second-order valence-corrected chi connectivity index (χ2v) is 6.25. The van der Waals surface area contributed by atoms with Crippen LogP contribution in [0.2, 0.25) is 0 Å². The molecule has 1 aliphatic heterocycles. The Hall–Kier alpha value is -0.0400. The second kappa shape index (κ2) is 10.6. The Balaban J connectivity index is 0.00000220. The fourth-order valence-corrected chi connectivity index (χ4v) is 3.33. The zero-order valence-corrected chi connectivity index (χ0v) is 16.1. The van der Waals surface area contributed by atoms with Gasteiger partial charge in [0.15, 0.2) is 5.96 Å². The van der Waals surface area contributed by atoms with Crippen molar-refractivity contribution in [3.05, 3.63) is 0 Å². The molecule has 0 radical (unpaired) electrons. The highest BCUT2D eigenvalue weighted by Crippen LogP contribution is 2.18. The lowest BCUT2D eigenvalue weighted by atomic mass is 9.96. The summed E-state index contributed by atoms with van der Waals surface area (Å²) < 4.78 is 0. The van der Waals surface area contributed by atoms with Gasteiger partial charge in [-0.05, 0) is 45.2 Å². The zero-order chi connectivity index (χ0) is 14.2. The zero-order valence-electron chi connectivity index (χ0n) is 13.7. The summed E-state index contributed by atoms with van der Waals surface area (Å²) in [6, 6.07) is 0.636. The average Bonchev–Trinajstić information content (AvgIpc) is 2.94. The van der Waals surface area contributed by atoms with Crippen molar-refractivity contribution in [3.63, 3.8) is 0 Å². The maximum absolute atomic E-state index is 4.83. The van der Waals surface area contributed by atoms with Gasteiger partial charge in [0.25, 0.3) is 0 Å². The highest BCUT2D eigenvalue weighted by molar-refractivity contribution is 14.0. The van der Waals surface area contributed by atoms with Gasteiger partial charge in [0.05, 0.1) is 0 Å². The van der Waals surface area contributed by atoms with Gasteiger partial charge in [0, 0.05) is 25.7 Å². The first-order valence-electron chi connectivity index (χ1n) is 8.59. The van der Waals surface area contributed by atoms with Gasteiger partial charge < -0.3 is 15.5 Å². The Bertz CT molecular complexity index is 303. The van der Waals surface area contributed by atoms with E-state index in [0.29, 0.717) is 6.04 Å². The molecule has 2 aliphatic rings. The molecule has 0 aromatic heterocycles. The van der Waals surface area contributed by atoms with Crippen molar-refractivity contribution in [2.24, 2.45) is 10.9 Å². The topological polar surface area (TPSA) is 39.7 Å². The largest absolute Gasteiger partial charge is 0.357 e. The number of hydrogen-bond donors (Lipinski definition) is 2. The molecular formula is C16H33IN4. The van der Waals surface area contributed by atoms with Crippen molar-refractivity contribution in [2.45, 2.75) is 58.4 Å². The van der Waals surface area contributed by atoms with Crippen LogP contribution in [0.4, 0.5) is 0 Å². The Morgan fingerprint density at radius 1 is 1.14 bits per heavy atom. The van der Waals surface area contributed by atoms with Crippen molar-refractivity contribution in [1.29, 1.82) is 0 Å². The van der Waals surface area contributed by atoms with Gasteiger partial charge >= 0.3 is 0 Å². The molecule has 0 aromatic carbocycles. The lowest BCUT2D eigenvalue weighted by Gasteiger charge is -2.25. The normalized spacial score (nSPS) is 24.7. The molecule has 124 valence electrons. The van der Waals surface area contributed by atoms with E-state index in [1.54, 1.807) is 0 Å². The van der Waals surface area contributed by atoms with Crippen LogP contribution in [0.15, 0.2) is 4.99 Å². The first-order valence-corrected chi connectivity index (χ1v) is 8.59. The van der Waals surface area contributed by atoms with E-state index >= 15 is 0 Å². The van der Waals surface area contributed by atoms with Crippen LogP contribution in [0.25, 0.3) is 0 Å². The molecular weight excluding hydrogens is 375 g/mol. The summed E-state index contributed by atoms with van der Waals surface area (Å²) in [5.74, 6) is 1.78. The van der Waals surface area contributed by atoms with Crippen molar-refractivity contribution < 1.29 is 0 Å². The molecule has 1 heterocycles. The Morgan fingerprint density at radius 2 is 1.90 bits per heavy atom. The number of rotatable bonds is 5. The number of likely N-dealkylation sites (tertiary alicyclic amines) is 1. The van der Waals surface area contributed by atoms with Gasteiger partial charge in [-0.2, -0.15) is 0 Å². The Labute approximate surface area is 147 Å². The third kappa shape index (κ3) is 6.72. The molecule has 1 atom stereocenters. The SMILES string of the molecule is CCNC(=NCC1CCN(CC)C1)NC1CCCCC1.I. The van der Waals surface area contributed by atoms with Gasteiger partial charge in [-0.15, -0.1) is 24.0 Å². The number of nitrogens with zero attached hydrogens (tertiary/aromatic N) is 2. The number of nitrogens with one attached hydrogen (secondary N) is 2. The summed E-state index contributed by atoms with van der Waals surface area (Å²) >= 11 is 0. The molecule has 0 bridgehead atoms. The highest BCUT2D eigenvalue weighted by atomic mass is 127. The molecule has 0 spiro atoms. The summed E-state index contributed by atoms with van der Waals surface area (Å²) in [6.07, 6.45) is 8.05. The van der Waals surface area contributed by atoms with Gasteiger partial charge in [0.2, 0.25) is 0 Å². The maximum Gasteiger partial charge on any atom is 0.191 e. The van der Waals surface area contributed by atoms with Crippen LogP contribution in [0.3, 0.4) is 0 Å². The fourth-order valence-electron chi connectivity index (χ4n) is 3.33. The third-order valence-corrected chi connectivity index (χ3v) is 4.62. The molecule has 21 heavy (non-hydrogen) atoms. The van der Waals surface area contributed by atoms with Crippen molar-refractivity contribution in [2.75, 3.05) is 32.7 Å². The van der Waals surface area contributed by atoms with Crippen molar-refractivity contribution in [3.8, 4) is 0 Å². The van der Waals surface area contributed by atoms with E-state index in [1.165, 1.54) is 58.2 Å². The van der Waals surface area contributed by atoms with E-state index < -0.39 is 0 Å². The second-order valence-electron chi connectivity index (χ2n) is 6.25. The summed E-state index contributed by atoms with van der Waals surface area (Å²) in [5.41, 5.74) is 0. The van der Waals surface area contributed by atoms with E-state index in [-0.39, 0.29) is 24.0 Å². The molecule has 1 saturated heterocycles. The van der Waals surface area contributed by atoms with Crippen LogP contribution in [-0.2, 0) is 0 Å². The lowest BCUT2D eigenvalue weighted by Crippen LogP contribution is -2.44. The van der Waals surface area contributed by atoms with Crippen LogP contribution in [0.5, 0.6) is 0 Å². The molecule has 0 amide bonds. The lowest BCUT2D eigenvalue weighted by molar-refractivity contribution is 0.343. The maximum atomic E-state index is 4.83. The van der Waals surface area contributed by atoms with E-state index in [2.05, 4.69) is 29.4 Å². The highest BCUT2D eigenvalue weighted by Gasteiger charge is 2.21. The van der Waals surface area contributed by atoms with Crippen LogP contribution in [-0.4, -0.2) is 49.6 Å². The first kappa shape index (κ1) is 19.0. The molecule has 4 nitrogen and oxygen atoms in total. The monoisotopic (exact) mass is 408 g/mol. The molecule has 2 rings (SSSR count).